The van der Waals surface area contributed by atoms with E-state index in [-0.39, 0.29) is 16.9 Å². The molecule has 2 heterocycles. The Morgan fingerprint density at radius 2 is 2.21 bits per heavy atom. The highest BCUT2D eigenvalue weighted by Gasteiger charge is 2.23. The number of carbonyl (C=O) groups excluding carboxylic acids is 1. The number of likely N-dealkylation sites (tertiary alicyclic amines) is 1. The van der Waals surface area contributed by atoms with Gasteiger partial charge in [0.2, 0.25) is 5.91 Å². The molecule has 5 nitrogen and oxygen atoms in total. The first kappa shape index (κ1) is 13.7. The topological polar surface area (TPSA) is 71.2 Å². The van der Waals surface area contributed by atoms with E-state index in [4.69, 9.17) is 18.0 Å². The van der Waals surface area contributed by atoms with Crippen LogP contribution in [0.3, 0.4) is 0 Å². The van der Waals surface area contributed by atoms with Crippen LogP contribution in [0.2, 0.25) is 0 Å². The van der Waals surface area contributed by atoms with E-state index < -0.39 is 0 Å². The van der Waals surface area contributed by atoms with Crippen LogP contribution in [-0.2, 0) is 4.79 Å². The van der Waals surface area contributed by atoms with Crippen LogP contribution in [0.25, 0.3) is 0 Å². The molecular formula is C13H18N4OS. The molecule has 1 amide bonds. The number of nitrogens with zero attached hydrogens (tertiary/aromatic N) is 2. The molecule has 102 valence electrons. The summed E-state index contributed by atoms with van der Waals surface area (Å²) in [6, 6.07) is 3.31. The third-order valence-electron chi connectivity index (χ3n) is 3.20. The second kappa shape index (κ2) is 5.97. The number of amides is 1. The van der Waals surface area contributed by atoms with Crippen molar-refractivity contribution < 1.29 is 4.79 Å². The van der Waals surface area contributed by atoms with Gasteiger partial charge in [-0.3, -0.25) is 9.78 Å². The van der Waals surface area contributed by atoms with Gasteiger partial charge in [0, 0.05) is 19.3 Å². The number of anilines is 1. The average Bonchev–Trinajstić information content (AvgIpc) is 2.92. The Balaban J connectivity index is 2.08. The fourth-order valence-electron chi connectivity index (χ4n) is 2.22. The highest BCUT2D eigenvalue weighted by atomic mass is 32.1. The Morgan fingerprint density at radius 3 is 2.84 bits per heavy atom. The molecule has 1 saturated heterocycles. The monoisotopic (exact) mass is 278 g/mol. The van der Waals surface area contributed by atoms with Crippen LogP contribution in [0.15, 0.2) is 18.3 Å². The Hall–Kier alpha value is -1.69. The first-order chi connectivity index (χ1) is 9.09. The number of thiocarbonyl (C=S) groups is 1. The van der Waals surface area contributed by atoms with Crippen molar-refractivity contribution in [3.63, 3.8) is 0 Å². The fraction of sp³-hybridized carbons (Fsp3) is 0.462. The van der Waals surface area contributed by atoms with E-state index in [1.807, 2.05) is 17.9 Å². The molecule has 0 saturated carbocycles. The van der Waals surface area contributed by atoms with E-state index in [1.54, 1.807) is 12.3 Å². The second-order valence-corrected chi connectivity index (χ2v) is 5.10. The lowest BCUT2D eigenvalue weighted by molar-refractivity contribution is -0.130. The number of hydrogen-bond donors (Lipinski definition) is 2. The first-order valence-electron chi connectivity index (χ1n) is 6.39. The lowest BCUT2D eigenvalue weighted by atomic mass is 10.2. The van der Waals surface area contributed by atoms with E-state index >= 15 is 0 Å². The summed E-state index contributed by atoms with van der Waals surface area (Å²) in [5.74, 6) is 0.107. The average molecular weight is 278 g/mol. The van der Waals surface area contributed by atoms with Gasteiger partial charge in [0.25, 0.3) is 0 Å². The molecule has 1 aliphatic rings. The molecule has 6 heteroatoms. The highest BCUT2D eigenvalue weighted by Crippen LogP contribution is 2.15. The molecule has 1 atom stereocenters. The summed E-state index contributed by atoms with van der Waals surface area (Å²) >= 11 is 4.96. The minimum atomic E-state index is -0.310. The molecule has 1 aromatic rings. The highest BCUT2D eigenvalue weighted by molar-refractivity contribution is 7.80. The van der Waals surface area contributed by atoms with Gasteiger partial charge in [-0.2, -0.15) is 0 Å². The first-order valence-corrected chi connectivity index (χ1v) is 6.80. The smallest absolute Gasteiger partial charge is 0.244 e. The molecule has 0 spiro atoms. The molecule has 0 aliphatic carbocycles. The van der Waals surface area contributed by atoms with Crippen LogP contribution in [0.1, 0.15) is 25.5 Å². The third kappa shape index (κ3) is 3.20. The molecular weight excluding hydrogens is 260 g/mol. The standard InChI is InChI=1S/C13H18N4OS/c1-9(13(18)17-7-2-3-8-17)16-10-5-4-6-15-11(10)12(14)19/h4-6,9,16H,2-3,7-8H2,1H3,(H2,14,19). The minimum absolute atomic E-state index is 0.107. The zero-order chi connectivity index (χ0) is 13.8. The van der Waals surface area contributed by atoms with E-state index in [2.05, 4.69) is 10.3 Å². The van der Waals surface area contributed by atoms with Crippen molar-refractivity contribution >= 4 is 28.8 Å². The van der Waals surface area contributed by atoms with Gasteiger partial charge in [-0.15, -0.1) is 0 Å². The number of aromatic nitrogens is 1. The summed E-state index contributed by atoms with van der Waals surface area (Å²) in [5, 5.41) is 3.15. The molecule has 1 unspecified atom stereocenters. The number of nitrogens with one attached hydrogen (secondary N) is 1. The molecule has 3 N–H and O–H groups in total. The molecule has 0 bridgehead atoms. The van der Waals surface area contributed by atoms with Gasteiger partial charge >= 0.3 is 0 Å². The van der Waals surface area contributed by atoms with Crippen molar-refractivity contribution in [3.8, 4) is 0 Å². The fourth-order valence-corrected chi connectivity index (χ4v) is 2.39. The summed E-state index contributed by atoms with van der Waals surface area (Å²) in [6.45, 7) is 3.54. The zero-order valence-corrected chi connectivity index (χ0v) is 11.7. The number of rotatable bonds is 4. The summed E-state index contributed by atoms with van der Waals surface area (Å²) in [4.78, 5) is 18.5. The van der Waals surface area contributed by atoms with Gasteiger partial charge in [-0.25, -0.2) is 0 Å². The summed E-state index contributed by atoms with van der Waals surface area (Å²) < 4.78 is 0. The quantitative estimate of drug-likeness (QED) is 0.808. The van der Waals surface area contributed by atoms with Crippen LogP contribution in [0.5, 0.6) is 0 Å². The van der Waals surface area contributed by atoms with Crippen LogP contribution < -0.4 is 11.1 Å². The van der Waals surface area contributed by atoms with Gasteiger partial charge in [0.05, 0.1) is 5.69 Å². The number of hydrogen-bond acceptors (Lipinski definition) is 4. The summed E-state index contributed by atoms with van der Waals surface area (Å²) in [6.07, 6.45) is 3.81. The molecule has 19 heavy (non-hydrogen) atoms. The Labute approximate surface area is 118 Å². The summed E-state index contributed by atoms with van der Waals surface area (Å²) in [5.41, 5.74) is 6.85. The van der Waals surface area contributed by atoms with Gasteiger partial charge in [0.1, 0.15) is 16.7 Å². The van der Waals surface area contributed by atoms with Gasteiger partial charge < -0.3 is 16.0 Å². The Bertz CT molecular complexity index is 485. The molecule has 1 aromatic heterocycles. The van der Waals surface area contributed by atoms with E-state index in [1.165, 1.54) is 0 Å². The SMILES string of the molecule is CC(Nc1cccnc1C(N)=S)C(=O)N1CCCC1. The maximum atomic E-state index is 12.2. The van der Waals surface area contributed by atoms with Gasteiger partial charge in [-0.05, 0) is 31.9 Å². The van der Waals surface area contributed by atoms with Crippen LogP contribution in [0.4, 0.5) is 5.69 Å². The largest absolute Gasteiger partial charge is 0.388 e. The maximum Gasteiger partial charge on any atom is 0.244 e. The number of pyridine rings is 1. The lowest BCUT2D eigenvalue weighted by Gasteiger charge is -2.22. The van der Waals surface area contributed by atoms with Crippen molar-refractivity contribution in [2.75, 3.05) is 18.4 Å². The molecule has 1 aliphatic heterocycles. The van der Waals surface area contributed by atoms with Crippen molar-refractivity contribution in [3.05, 3.63) is 24.0 Å². The minimum Gasteiger partial charge on any atom is -0.388 e. The maximum absolute atomic E-state index is 12.2. The molecule has 0 radical (unpaired) electrons. The van der Waals surface area contributed by atoms with E-state index in [0.29, 0.717) is 11.4 Å². The normalized spacial score (nSPS) is 16.2. The third-order valence-corrected chi connectivity index (χ3v) is 3.39. The lowest BCUT2D eigenvalue weighted by Crippen LogP contribution is -2.40. The number of nitrogens with two attached hydrogens (primary N) is 1. The van der Waals surface area contributed by atoms with Crippen LogP contribution in [-0.4, -0.2) is 39.9 Å². The number of carbonyl (C=O) groups is 1. The van der Waals surface area contributed by atoms with Crippen LogP contribution >= 0.6 is 12.2 Å². The van der Waals surface area contributed by atoms with Crippen molar-refractivity contribution in [2.24, 2.45) is 5.73 Å². The van der Waals surface area contributed by atoms with Gasteiger partial charge in [0.15, 0.2) is 0 Å². The Morgan fingerprint density at radius 1 is 1.53 bits per heavy atom. The zero-order valence-electron chi connectivity index (χ0n) is 10.9. The van der Waals surface area contributed by atoms with E-state index in [9.17, 15) is 4.79 Å². The Kier molecular flexibility index (Phi) is 4.31. The van der Waals surface area contributed by atoms with Crippen molar-refractivity contribution in [1.82, 2.24) is 9.88 Å². The predicted octanol–water partition coefficient (Wildman–Crippen LogP) is 1.14. The van der Waals surface area contributed by atoms with Crippen molar-refractivity contribution in [2.45, 2.75) is 25.8 Å². The second-order valence-electron chi connectivity index (χ2n) is 4.66. The van der Waals surface area contributed by atoms with Gasteiger partial charge in [-0.1, -0.05) is 12.2 Å². The molecule has 1 fully saturated rings. The summed E-state index contributed by atoms with van der Waals surface area (Å²) in [7, 11) is 0. The predicted molar refractivity (Wildman–Crippen MR) is 79.0 cm³/mol. The molecule has 0 aromatic carbocycles. The van der Waals surface area contributed by atoms with E-state index in [0.717, 1.165) is 25.9 Å². The van der Waals surface area contributed by atoms with Crippen molar-refractivity contribution in [1.29, 1.82) is 0 Å². The molecule has 2 rings (SSSR count). The van der Waals surface area contributed by atoms with Crippen LogP contribution in [0, 0.1) is 0 Å².